The number of thioether (sulfide) groups is 1. The number of rotatable bonds is 8. The summed E-state index contributed by atoms with van der Waals surface area (Å²) in [5.41, 5.74) is -0.202. The third kappa shape index (κ3) is 6.23. The van der Waals surface area contributed by atoms with Crippen LogP contribution in [0.1, 0.15) is 33.6 Å². The largest absolute Gasteiger partial charge is 0.394 e. The molecule has 0 aromatic heterocycles. The van der Waals surface area contributed by atoms with E-state index < -0.39 is 0 Å². The average molecular weight is 336 g/mol. The van der Waals surface area contributed by atoms with Crippen LogP contribution in [-0.2, 0) is 0 Å². The molecule has 2 nitrogen and oxygen atoms in total. The van der Waals surface area contributed by atoms with E-state index in [0.717, 1.165) is 23.5 Å². The third-order valence-electron chi connectivity index (χ3n) is 3.02. The van der Waals surface area contributed by atoms with Gasteiger partial charge >= 0.3 is 0 Å². The first-order valence-electron chi connectivity index (χ1n) is 6.83. The highest BCUT2D eigenvalue weighted by molar-refractivity contribution is 7.99. The smallest absolute Gasteiger partial charge is 0.0610 e. The van der Waals surface area contributed by atoms with Crippen LogP contribution in [0, 0.1) is 0 Å². The summed E-state index contributed by atoms with van der Waals surface area (Å²) in [4.78, 5) is 1.13. The van der Waals surface area contributed by atoms with Crippen molar-refractivity contribution in [3.63, 3.8) is 0 Å². The normalized spacial score (nSPS) is 14.6. The van der Waals surface area contributed by atoms with Gasteiger partial charge in [-0.1, -0.05) is 37.0 Å². The second-order valence-corrected chi connectivity index (χ2v) is 7.53. The molecule has 0 saturated heterocycles. The molecule has 0 aliphatic heterocycles. The Bertz CT molecular complexity index is 428. The van der Waals surface area contributed by atoms with E-state index in [1.165, 1.54) is 0 Å². The van der Waals surface area contributed by atoms with Crippen molar-refractivity contribution >= 4 is 35.0 Å². The van der Waals surface area contributed by atoms with Gasteiger partial charge in [0.25, 0.3) is 0 Å². The highest BCUT2D eigenvalue weighted by atomic mass is 35.5. The molecule has 0 saturated carbocycles. The number of aliphatic hydroxyl groups excluding tert-OH is 1. The van der Waals surface area contributed by atoms with E-state index in [0.29, 0.717) is 16.1 Å². The fraction of sp³-hybridized carbons (Fsp3) is 0.600. The molecule has 114 valence electrons. The molecule has 2 N–H and O–H groups in total. The molecule has 1 aromatic rings. The summed E-state index contributed by atoms with van der Waals surface area (Å²) in [5.74, 6) is 0.993. The first kappa shape index (κ1) is 18.1. The van der Waals surface area contributed by atoms with E-state index in [9.17, 15) is 5.11 Å². The molecule has 0 amide bonds. The predicted octanol–water partition coefficient (Wildman–Crippen LogP) is 4.61. The van der Waals surface area contributed by atoms with Gasteiger partial charge in [-0.05, 0) is 43.7 Å². The van der Waals surface area contributed by atoms with Gasteiger partial charge in [0.05, 0.1) is 16.7 Å². The first-order chi connectivity index (χ1) is 9.36. The zero-order valence-electron chi connectivity index (χ0n) is 12.2. The monoisotopic (exact) mass is 335 g/mol. The Morgan fingerprint density at radius 1 is 1.30 bits per heavy atom. The van der Waals surface area contributed by atoms with E-state index in [1.807, 2.05) is 18.2 Å². The SMILES string of the molecule is CC(C)NC(C)(CO)CCCSc1ccc(Cl)c(Cl)c1. The highest BCUT2D eigenvalue weighted by Gasteiger charge is 2.22. The van der Waals surface area contributed by atoms with Gasteiger partial charge < -0.3 is 10.4 Å². The lowest BCUT2D eigenvalue weighted by atomic mass is 9.96. The summed E-state index contributed by atoms with van der Waals surface area (Å²) < 4.78 is 0. The molecule has 0 aliphatic rings. The average Bonchev–Trinajstić information content (AvgIpc) is 2.38. The first-order valence-corrected chi connectivity index (χ1v) is 8.57. The van der Waals surface area contributed by atoms with Gasteiger partial charge in [0, 0.05) is 16.5 Å². The number of hydrogen-bond acceptors (Lipinski definition) is 3. The Labute approximate surface area is 136 Å². The van der Waals surface area contributed by atoms with Crippen LogP contribution in [0.15, 0.2) is 23.1 Å². The van der Waals surface area contributed by atoms with Gasteiger partial charge in [-0.3, -0.25) is 0 Å². The van der Waals surface area contributed by atoms with Crippen molar-refractivity contribution in [3.8, 4) is 0 Å². The molecule has 1 atom stereocenters. The summed E-state index contributed by atoms with van der Waals surface area (Å²) >= 11 is 13.6. The number of nitrogens with one attached hydrogen (secondary N) is 1. The lowest BCUT2D eigenvalue weighted by Gasteiger charge is -2.31. The molecule has 0 heterocycles. The maximum Gasteiger partial charge on any atom is 0.0610 e. The van der Waals surface area contributed by atoms with Gasteiger partial charge in [-0.25, -0.2) is 0 Å². The Morgan fingerprint density at radius 2 is 2.00 bits per heavy atom. The molecule has 5 heteroatoms. The van der Waals surface area contributed by atoms with Crippen LogP contribution in [-0.4, -0.2) is 29.0 Å². The molecule has 0 radical (unpaired) electrons. The maximum atomic E-state index is 9.52. The molecular weight excluding hydrogens is 313 g/mol. The molecule has 0 spiro atoms. The second-order valence-electron chi connectivity index (χ2n) is 5.55. The summed E-state index contributed by atoms with van der Waals surface area (Å²) in [6.07, 6.45) is 1.97. The van der Waals surface area contributed by atoms with Gasteiger partial charge in [-0.2, -0.15) is 0 Å². The van der Waals surface area contributed by atoms with Gasteiger partial charge in [0.1, 0.15) is 0 Å². The lowest BCUT2D eigenvalue weighted by molar-refractivity contribution is 0.156. The van der Waals surface area contributed by atoms with Crippen molar-refractivity contribution in [1.82, 2.24) is 5.32 Å². The van der Waals surface area contributed by atoms with Crippen LogP contribution in [0.25, 0.3) is 0 Å². The molecule has 1 rings (SSSR count). The minimum atomic E-state index is -0.202. The maximum absolute atomic E-state index is 9.52. The fourth-order valence-corrected chi connectivity index (χ4v) is 3.37. The van der Waals surface area contributed by atoms with Gasteiger partial charge in [0.15, 0.2) is 0 Å². The van der Waals surface area contributed by atoms with Crippen molar-refractivity contribution in [2.75, 3.05) is 12.4 Å². The number of benzene rings is 1. The van der Waals surface area contributed by atoms with Crippen molar-refractivity contribution < 1.29 is 5.11 Å². The number of hydrogen-bond donors (Lipinski definition) is 2. The highest BCUT2D eigenvalue weighted by Crippen LogP contribution is 2.28. The van der Waals surface area contributed by atoms with Crippen molar-refractivity contribution in [2.24, 2.45) is 0 Å². The van der Waals surface area contributed by atoms with E-state index in [1.54, 1.807) is 11.8 Å². The van der Waals surface area contributed by atoms with Gasteiger partial charge in [0.2, 0.25) is 0 Å². The minimum Gasteiger partial charge on any atom is -0.394 e. The Balaban J connectivity index is 2.38. The predicted molar refractivity (Wildman–Crippen MR) is 90.2 cm³/mol. The Kier molecular flexibility index (Phi) is 7.70. The molecular formula is C15H23Cl2NOS. The summed E-state index contributed by atoms with van der Waals surface area (Å²) in [6.45, 7) is 6.41. The summed E-state index contributed by atoms with van der Waals surface area (Å²) in [5, 5.41) is 14.1. The van der Waals surface area contributed by atoms with E-state index in [-0.39, 0.29) is 12.1 Å². The number of aliphatic hydroxyl groups is 1. The van der Waals surface area contributed by atoms with Crippen molar-refractivity contribution in [3.05, 3.63) is 28.2 Å². The van der Waals surface area contributed by atoms with Gasteiger partial charge in [-0.15, -0.1) is 11.8 Å². The molecule has 1 unspecified atom stereocenters. The second kappa shape index (κ2) is 8.50. The summed E-state index contributed by atoms with van der Waals surface area (Å²) in [7, 11) is 0. The Hall–Kier alpha value is 0.0700. The topological polar surface area (TPSA) is 32.3 Å². The number of halogens is 2. The summed E-state index contributed by atoms with van der Waals surface area (Å²) in [6, 6.07) is 6.07. The van der Waals surface area contributed by atoms with E-state index in [2.05, 4.69) is 26.1 Å². The van der Waals surface area contributed by atoms with Crippen molar-refractivity contribution in [1.29, 1.82) is 0 Å². The zero-order chi connectivity index (χ0) is 15.2. The fourth-order valence-electron chi connectivity index (χ4n) is 2.11. The van der Waals surface area contributed by atoms with E-state index >= 15 is 0 Å². The third-order valence-corrected chi connectivity index (χ3v) is 4.84. The van der Waals surface area contributed by atoms with E-state index in [4.69, 9.17) is 23.2 Å². The van der Waals surface area contributed by atoms with Crippen LogP contribution in [0.5, 0.6) is 0 Å². The molecule has 0 bridgehead atoms. The quantitative estimate of drug-likeness (QED) is 0.537. The minimum absolute atomic E-state index is 0.155. The van der Waals surface area contributed by atoms with Crippen LogP contribution in [0.3, 0.4) is 0 Å². The van der Waals surface area contributed by atoms with Crippen molar-refractivity contribution in [2.45, 2.75) is 50.1 Å². The lowest BCUT2D eigenvalue weighted by Crippen LogP contribution is -2.49. The molecule has 0 aliphatic carbocycles. The zero-order valence-corrected chi connectivity index (χ0v) is 14.6. The Morgan fingerprint density at radius 3 is 2.55 bits per heavy atom. The molecule has 1 aromatic carbocycles. The van der Waals surface area contributed by atoms with Crippen LogP contribution < -0.4 is 5.32 Å². The van der Waals surface area contributed by atoms with Crippen LogP contribution in [0.4, 0.5) is 0 Å². The molecule has 0 fully saturated rings. The molecule has 20 heavy (non-hydrogen) atoms. The van der Waals surface area contributed by atoms with Crippen LogP contribution in [0.2, 0.25) is 10.0 Å². The standard InChI is InChI=1S/C15H23Cl2NOS/c1-11(2)18-15(3,10-19)7-4-8-20-12-5-6-13(16)14(17)9-12/h5-6,9,11,18-19H,4,7-8,10H2,1-3H3. The van der Waals surface area contributed by atoms with Crippen LogP contribution >= 0.6 is 35.0 Å².